The highest BCUT2D eigenvalue weighted by Crippen LogP contribution is 2.46. The minimum Gasteiger partial charge on any atom is -0.390 e. The summed E-state index contributed by atoms with van der Waals surface area (Å²) in [4.78, 5) is 16.3. The van der Waals surface area contributed by atoms with Gasteiger partial charge in [-0.25, -0.2) is 15.0 Å². The molecule has 0 unspecified atom stereocenters. The van der Waals surface area contributed by atoms with Gasteiger partial charge < -0.3 is 14.4 Å². The van der Waals surface area contributed by atoms with Gasteiger partial charge >= 0.3 is 0 Å². The van der Waals surface area contributed by atoms with E-state index in [0.717, 1.165) is 38.4 Å². The van der Waals surface area contributed by atoms with Crippen molar-refractivity contribution in [3.05, 3.63) is 53.9 Å². The number of aryl methyl sites for hydroxylation is 1. The van der Waals surface area contributed by atoms with Crippen molar-refractivity contribution in [3.63, 3.8) is 0 Å². The summed E-state index contributed by atoms with van der Waals surface area (Å²) in [6.45, 7) is 2.92. The fourth-order valence-electron chi connectivity index (χ4n) is 3.06. The van der Waals surface area contributed by atoms with E-state index in [1.165, 1.54) is 0 Å². The van der Waals surface area contributed by atoms with Crippen molar-refractivity contribution in [2.45, 2.75) is 30.0 Å². The molecule has 0 radical (unpaired) electrons. The molecule has 0 bridgehead atoms. The van der Waals surface area contributed by atoms with Crippen LogP contribution in [0.25, 0.3) is 0 Å². The summed E-state index contributed by atoms with van der Waals surface area (Å²) in [5, 5.41) is 10.4. The van der Waals surface area contributed by atoms with Crippen LogP contribution in [0.5, 0.6) is 0 Å². The summed E-state index contributed by atoms with van der Waals surface area (Å²) in [6.07, 6.45) is 5.16. The molecule has 1 aliphatic rings. The highest BCUT2D eigenvalue weighted by atomic mass is 32.2. The Morgan fingerprint density at radius 1 is 1.19 bits per heavy atom. The molecule has 8 heteroatoms. The SMILES string of the molecule is COCN1c2cc(Cn3cnc(C)c3CO)ccc2Sc2nccnc21. The lowest BCUT2D eigenvalue weighted by Gasteiger charge is -2.30. The molecule has 0 spiro atoms. The molecule has 0 saturated carbocycles. The van der Waals surface area contributed by atoms with Crippen molar-refractivity contribution in [1.29, 1.82) is 0 Å². The van der Waals surface area contributed by atoms with Gasteiger partial charge in [0.2, 0.25) is 0 Å². The van der Waals surface area contributed by atoms with Gasteiger partial charge in [-0.1, -0.05) is 17.8 Å². The summed E-state index contributed by atoms with van der Waals surface area (Å²) < 4.78 is 7.37. The first-order chi connectivity index (χ1) is 12.7. The van der Waals surface area contributed by atoms with Crippen LogP contribution in [0.3, 0.4) is 0 Å². The van der Waals surface area contributed by atoms with Gasteiger partial charge in [-0.05, 0) is 24.6 Å². The number of hydrogen-bond acceptors (Lipinski definition) is 7. The van der Waals surface area contributed by atoms with E-state index in [1.54, 1.807) is 37.6 Å². The van der Waals surface area contributed by atoms with Crippen LogP contribution in [-0.2, 0) is 17.9 Å². The Morgan fingerprint density at radius 3 is 2.85 bits per heavy atom. The molecule has 7 nitrogen and oxygen atoms in total. The van der Waals surface area contributed by atoms with Gasteiger partial charge in [-0.3, -0.25) is 4.90 Å². The second-order valence-electron chi connectivity index (χ2n) is 6.00. The van der Waals surface area contributed by atoms with Crippen molar-refractivity contribution in [3.8, 4) is 0 Å². The van der Waals surface area contributed by atoms with E-state index in [4.69, 9.17) is 4.74 Å². The molecule has 0 saturated heterocycles. The third-order valence-corrected chi connectivity index (χ3v) is 5.39. The number of hydrogen-bond donors (Lipinski definition) is 1. The van der Waals surface area contributed by atoms with Gasteiger partial charge in [0, 0.05) is 30.9 Å². The maximum Gasteiger partial charge on any atom is 0.168 e. The molecule has 0 atom stereocenters. The number of rotatable bonds is 5. The van der Waals surface area contributed by atoms with E-state index in [-0.39, 0.29) is 6.61 Å². The molecule has 0 fully saturated rings. The van der Waals surface area contributed by atoms with Gasteiger partial charge in [-0.15, -0.1) is 0 Å². The number of aliphatic hydroxyl groups excluding tert-OH is 1. The van der Waals surface area contributed by atoms with E-state index in [1.807, 2.05) is 16.4 Å². The Morgan fingerprint density at radius 2 is 2.04 bits per heavy atom. The van der Waals surface area contributed by atoms with Gasteiger partial charge in [-0.2, -0.15) is 0 Å². The number of anilines is 2. The minimum absolute atomic E-state index is 0.0224. The number of ether oxygens (including phenoxy) is 1. The van der Waals surface area contributed by atoms with Crippen LogP contribution in [0.15, 0.2) is 46.8 Å². The lowest BCUT2D eigenvalue weighted by atomic mass is 10.1. The number of nitrogens with zero attached hydrogens (tertiary/aromatic N) is 5. The first kappa shape index (κ1) is 17.0. The average Bonchev–Trinajstić information content (AvgIpc) is 3.01. The molecule has 1 N–H and O–H groups in total. The van der Waals surface area contributed by atoms with Gasteiger partial charge in [0.1, 0.15) is 11.8 Å². The summed E-state index contributed by atoms with van der Waals surface area (Å²) in [5.41, 5.74) is 3.85. The van der Waals surface area contributed by atoms with Crippen molar-refractivity contribution < 1.29 is 9.84 Å². The molecule has 26 heavy (non-hydrogen) atoms. The van der Waals surface area contributed by atoms with Crippen LogP contribution in [-0.4, -0.2) is 38.5 Å². The lowest BCUT2D eigenvalue weighted by molar-refractivity contribution is 0.204. The largest absolute Gasteiger partial charge is 0.390 e. The van der Waals surface area contributed by atoms with E-state index < -0.39 is 0 Å². The van der Waals surface area contributed by atoms with Crippen molar-refractivity contribution in [1.82, 2.24) is 19.5 Å². The Hall–Kier alpha value is -2.42. The Kier molecular flexibility index (Phi) is 4.62. The van der Waals surface area contributed by atoms with Gasteiger partial charge in [0.25, 0.3) is 0 Å². The normalized spacial score (nSPS) is 12.8. The highest BCUT2D eigenvalue weighted by molar-refractivity contribution is 7.99. The Labute approximate surface area is 155 Å². The lowest BCUT2D eigenvalue weighted by Crippen LogP contribution is -2.24. The van der Waals surface area contributed by atoms with Crippen molar-refractivity contribution in [2.24, 2.45) is 0 Å². The summed E-state index contributed by atoms with van der Waals surface area (Å²) >= 11 is 1.61. The standard InChI is InChI=1S/C18H19N5O2S/c1-12-15(9-24)22(10-21-12)8-13-3-4-16-14(7-13)23(11-25-2)17-18(26-16)20-6-5-19-17/h3-7,10,24H,8-9,11H2,1-2H3. The fourth-order valence-corrected chi connectivity index (χ4v) is 4.04. The Balaban J connectivity index is 1.71. The van der Waals surface area contributed by atoms with E-state index in [2.05, 4.69) is 33.2 Å². The summed E-state index contributed by atoms with van der Waals surface area (Å²) in [6, 6.07) is 6.32. The zero-order chi connectivity index (χ0) is 18.1. The monoisotopic (exact) mass is 369 g/mol. The first-order valence-electron chi connectivity index (χ1n) is 8.21. The third kappa shape index (κ3) is 2.96. The van der Waals surface area contributed by atoms with Crippen LogP contribution in [0.1, 0.15) is 17.0 Å². The topological polar surface area (TPSA) is 76.3 Å². The quantitative estimate of drug-likeness (QED) is 0.741. The number of imidazole rings is 1. The molecule has 1 aromatic carbocycles. The van der Waals surface area contributed by atoms with Crippen LogP contribution >= 0.6 is 11.8 Å². The first-order valence-corrected chi connectivity index (χ1v) is 9.02. The second-order valence-corrected chi connectivity index (χ2v) is 7.03. The number of fused-ring (bicyclic) bond motifs is 2. The third-order valence-electron chi connectivity index (χ3n) is 4.34. The average molecular weight is 369 g/mol. The van der Waals surface area contributed by atoms with Crippen LogP contribution < -0.4 is 4.90 Å². The molecule has 134 valence electrons. The predicted octanol–water partition coefficient (Wildman–Crippen LogP) is 2.73. The number of aromatic nitrogens is 4. The van der Waals surface area contributed by atoms with Gasteiger partial charge in [0.05, 0.1) is 30.0 Å². The maximum absolute atomic E-state index is 9.58. The Bertz CT molecular complexity index is 943. The maximum atomic E-state index is 9.58. The van der Waals surface area contributed by atoms with E-state index in [0.29, 0.717) is 13.3 Å². The molecule has 3 heterocycles. The summed E-state index contributed by atoms with van der Waals surface area (Å²) in [5.74, 6) is 0.804. The number of methoxy groups -OCH3 is 1. The molecular formula is C18H19N5O2S. The van der Waals surface area contributed by atoms with Crippen LogP contribution in [0.4, 0.5) is 11.5 Å². The summed E-state index contributed by atoms with van der Waals surface area (Å²) in [7, 11) is 1.67. The van der Waals surface area contributed by atoms with E-state index in [9.17, 15) is 5.11 Å². The minimum atomic E-state index is -0.0224. The van der Waals surface area contributed by atoms with Crippen molar-refractivity contribution >= 4 is 23.3 Å². The molecule has 4 rings (SSSR count). The fraction of sp³-hybridized carbons (Fsp3) is 0.278. The molecule has 1 aliphatic heterocycles. The zero-order valence-corrected chi connectivity index (χ0v) is 15.4. The predicted molar refractivity (Wildman–Crippen MR) is 98.6 cm³/mol. The molecule has 0 aliphatic carbocycles. The van der Waals surface area contributed by atoms with Crippen LogP contribution in [0.2, 0.25) is 0 Å². The molecule has 3 aromatic rings. The number of benzene rings is 1. The molecule has 2 aromatic heterocycles. The van der Waals surface area contributed by atoms with E-state index >= 15 is 0 Å². The smallest absolute Gasteiger partial charge is 0.168 e. The van der Waals surface area contributed by atoms with Gasteiger partial charge in [0.15, 0.2) is 5.82 Å². The highest BCUT2D eigenvalue weighted by Gasteiger charge is 2.25. The number of aliphatic hydroxyl groups is 1. The van der Waals surface area contributed by atoms with Crippen molar-refractivity contribution in [2.75, 3.05) is 18.7 Å². The van der Waals surface area contributed by atoms with Crippen LogP contribution in [0, 0.1) is 6.92 Å². The second kappa shape index (κ2) is 7.06. The zero-order valence-electron chi connectivity index (χ0n) is 14.6. The molecular weight excluding hydrogens is 350 g/mol. The molecule has 0 amide bonds.